The number of rotatable bonds is 6. The molecule has 3 atom stereocenters. The van der Waals surface area contributed by atoms with Gasteiger partial charge in [-0.3, -0.25) is 0 Å². The molecule has 3 unspecified atom stereocenters. The molecule has 2 rings (SSSR count). The molecule has 0 radical (unpaired) electrons. The van der Waals surface area contributed by atoms with Crippen LogP contribution in [0.15, 0.2) is 24.3 Å². The Morgan fingerprint density at radius 2 is 2.11 bits per heavy atom. The van der Waals surface area contributed by atoms with Gasteiger partial charge >= 0.3 is 0 Å². The molecular formula is C14H20INO2. The van der Waals surface area contributed by atoms with Crippen molar-refractivity contribution in [3.63, 3.8) is 0 Å². The molecular weight excluding hydrogens is 341 g/mol. The van der Waals surface area contributed by atoms with Crippen LogP contribution in [0.1, 0.15) is 20.3 Å². The first-order chi connectivity index (χ1) is 8.76. The van der Waals surface area contributed by atoms with Gasteiger partial charge < -0.3 is 14.8 Å². The maximum Gasteiger partial charge on any atom is 0.133 e. The van der Waals surface area contributed by atoms with Gasteiger partial charge in [-0.2, -0.15) is 0 Å². The maximum absolute atomic E-state index is 6.05. The molecule has 18 heavy (non-hydrogen) atoms. The fourth-order valence-corrected chi connectivity index (χ4v) is 2.79. The predicted octanol–water partition coefficient (Wildman–Crippen LogP) is 2.83. The average molecular weight is 361 g/mol. The number of likely N-dealkylation sites (N-methyl/N-ethyl adjacent to an activating group) is 1. The zero-order valence-electron chi connectivity index (χ0n) is 10.9. The number of nitrogens with one attached hydrogen (secondary N) is 1. The zero-order chi connectivity index (χ0) is 13.0. The van der Waals surface area contributed by atoms with Crippen molar-refractivity contribution in [3.05, 3.63) is 27.8 Å². The third-order valence-electron chi connectivity index (χ3n) is 3.19. The summed E-state index contributed by atoms with van der Waals surface area (Å²) in [5, 5.41) is 3.44. The van der Waals surface area contributed by atoms with Gasteiger partial charge in [-0.25, -0.2) is 0 Å². The predicted molar refractivity (Wildman–Crippen MR) is 81.1 cm³/mol. The molecule has 3 nitrogen and oxygen atoms in total. The average Bonchev–Trinajstić information content (AvgIpc) is 2.37. The van der Waals surface area contributed by atoms with E-state index in [0.29, 0.717) is 6.04 Å². The van der Waals surface area contributed by atoms with Crippen LogP contribution in [0.5, 0.6) is 5.75 Å². The van der Waals surface area contributed by atoms with Gasteiger partial charge in [0.05, 0.1) is 3.57 Å². The SMILES string of the molecule is CCNC1CC(Oc2ccccc2I)C1OCC. The van der Waals surface area contributed by atoms with Crippen molar-refractivity contribution in [2.45, 2.75) is 38.5 Å². The maximum atomic E-state index is 6.05. The second-order valence-electron chi connectivity index (χ2n) is 4.41. The number of halogens is 1. The van der Waals surface area contributed by atoms with Crippen molar-refractivity contribution in [2.24, 2.45) is 0 Å². The van der Waals surface area contributed by atoms with E-state index in [2.05, 4.69) is 40.9 Å². The van der Waals surface area contributed by atoms with Crippen molar-refractivity contribution in [1.29, 1.82) is 0 Å². The Morgan fingerprint density at radius 1 is 1.33 bits per heavy atom. The van der Waals surface area contributed by atoms with Crippen molar-refractivity contribution >= 4 is 22.6 Å². The van der Waals surface area contributed by atoms with Crippen LogP contribution in [0.3, 0.4) is 0 Å². The van der Waals surface area contributed by atoms with Crippen LogP contribution in [0.2, 0.25) is 0 Å². The first-order valence-corrected chi connectivity index (χ1v) is 7.60. The van der Waals surface area contributed by atoms with Crippen LogP contribution in [-0.2, 0) is 4.74 Å². The number of hydrogen-bond donors (Lipinski definition) is 1. The zero-order valence-corrected chi connectivity index (χ0v) is 13.0. The summed E-state index contributed by atoms with van der Waals surface area (Å²) in [7, 11) is 0. The molecule has 0 amide bonds. The molecule has 0 bridgehead atoms. The lowest BCUT2D eigenvalue weighted by molar-refractivity contribution is -0.104. The molecule has 0 heterocycles. The third kappa shape index (κ3) is 3.16. The molecule has 0 aromatic heterocycles. The van der Waals surface area contributed by atoms with Crippen LogP contribution in [-0.4, -0.2) is 31.4 Å². The molecule has 0 aliphatic heterocycles. The molecule has 4 heteroatoms. The fraction of sp³-hybridized carbons (Fsp3) is 0.571. The highest BCUT2D eigenvalue weighted by atomic mass is 127. The molecule has 1 aromatic rings. The molecule has 0 saturated heterocycles. The highest BCUT2D eigenvalue weighted by Crippen LogP contribution is 2.31. The number of benzene rings is 1. The Labute approximate surface area is 122 Å². The van der Waals surface area contributed by atoms with Gasteiger partial charge in [0.2, 0.25) is 0 Å². The summed E-state index contributed by atoms with van der Waals surface area (Å²) in [6.07, 6.45) is 1.36. The monoisotopic (exact) mass is 361 g/mol. The Balaban J connectivity index is 1.96. The summed E-state index contributed by atoms with van der Waals surface area (Å²) in [6, 6.07) is 8.54. The van der Waals surface area contributed by atoms with Crippen LogP contribution in [0.25, 0.3) is 0 Å². The van der Waals surface area contributed by atoms with Crippen LogP contribution < -0.4 is 10.1 Å². The topological polar surface area (TPSA) is 30.5 Å². The van der Waals surface area contributed by atoms with E-state index < -0.39 is 0 Å². The number of para-hydroxylation sites is 1. The van der Waals surface area contributed by atoms with Crippen molar-refractivity contribution in [2.75, 3.05) is 13.2 Å². The normalized spacial score (nSPS) is 26.7. The van der Waals surface area contributed by atoms with E-state index in [1.54, 1.807) is 0 Å². The van der Waals surface area contributed by atoms with E-state index in [9.17, 15) is 0 Å². The summed E-state index contributed by atoms with van der Waals surface area (Å²) < 4.78 is 13.0. The lowest BCUT2D eigenvalue weighted by Crippen LogP contribution is -2.61. The van der Waals surface area contributed by atoms with Crippen LogP contribution in [0, 0.1) is 3.57 Å². The van der Waals surface area contributed by atoms with E-state index in [4.69, 9.17) is 9.47 Å². The summed E-state index contributed by atoms with van der Waals surface area (Å²) >= 11 is 2.30. The van der Waals surface area contributed by atoms with Gasteiger partial charge in [-0.1, -0.05) is 19.1 Å². The van der Waals surface area contributed by atoms with Gasteiger partial charge in [0.15, 0.2) is 0 Å². The molecule has 1 aliphatic rings. The highest BCUT2D eigenvalue weighted by Gasteiger charge is 2.43. The minimum absolute atomic E-state index is 0.171. The van der Waals surface area contributed by atoms with E-state index in [1.807, 2.05) is 25.1 Å². The first kappa shape index (κ1) is 14.1. The lowest BCUT2D eigenvalue weighted by atomic mass is 9.85. The fourth-order valence-electron chi connectivity index (χ4n) is 2.28. The minimum Gasteiger partial charge on any atom is -0.486 e. The largest absolute Gasteiger partial charge is 0.486 e. The second kappa shape index (κ2) is 6.73. The standard InChI is InChI=1S/C14H20INO2/c1-3-16-11-9-13(14(11)17-4-2)18-12-8-6-5-7-10(12)15/h5-8,11,13-14,16H,3-4,9H2,1-2H3. The Bertz CT molecular complexity index is 386. The Morgan fingerprint density at radius 3 is 2.78 bits per heavy atom. The summed E-state index contributed by atoms with van der Waals surface area (Å²) in [4.78, 5) is 0. The molecule has 1 N–H and O–H groups in total. The first-order valence-electron chi connectivity index (χ1n) is 6.52. The number of hydrogen-bond acceptors (Lipinski definition) is 3. The van der Waals surface area contributed by atoms with E-state index in [-0.39, 0.29) is 12.2 Å². The van der Waals surface area contributed by atoms with E-state index in [1.165, 1.54) is 0 Å². The summed E-state index contributed by atoms with van der Waals surface area (Å²) in [5.41, 5.74) is 0. The molecule has 1 fully saturated rings. The Kier molecular flexibility index (Phi) is 5.26. The molecule has 0 spiro atoms. The molecule has 1 aromatic carbocycles. The van der Waals surface area contributed by atoms with Crippen molar-refractivity contribution in [3.8, 4) is 5.75 Å². The Hall–Kier alpha value is -0.330. The smallest absolute Gasteiger partial charge is 0.133 e. The van der Waals surface area contributed by atoms with Gasteiger partial charge in [0, 0.05) is 19.1 Å². The third-order valence-corrected chi connectivity index (χ3v) is 4.08. The van der Waals surface area contributed by atoms with Gasteiger partial charge in [0.25, 0.3) is 0 Å². The van der Waals surface area contributed by atoms with Gasteiger partial charge in [-0.05, 0) is 48.2 Å². The summed E-state index contributed by atoms with van der Waals surface area (Å²) in [6.45, 7) is 5.87. The van der Waals surface area contributed by atoms with Gasteiger partial charge in [0.1, 0.15) is 18.0 Å². The van der Waals surface area contributed by atoms with Crippen molar-refractivity contribution in [1.82, 2.24) is 5.32 Å². The summed E-state index contributed by atoms with van der Waals surface area (Å²) in [5.74, 6) is 0.961. The lowest BCUT2D eigenvalue weighted by Gasteiger charge is -2.44. The quantitative estimate of drug-likeness (QED) is 0.791. The van der Waals surface area contributed by atoms with Crippen LogP contribution >= 0.6 is 22.6 Å². The van der Waals surface area contributed by atoms with Crippen LogP contribution in [0.4, 0.5) is 0 Å². The number of ether oxygens (including phenoxy) is 2. The molecule has 1 aliphatic carbocycles. The van der Waals surface area contributed by atoms with Crippen molar-refractivity contribution < 1.29 is 9.47 Å². The van der Waals surface area contributed by atoms with Gasteiger partial charge in [-0.15, -0.1) is 0 Å². The van der Waals surface area contributed by atoms with E-state index in [0.717, 1.165) is 28.9 Å². The minimum atomic E-state index is 0.171. The second-order valence-corrected chi connectivity index (χ2v) is 5.57. The molecule has 100 valence electrons. The highest BCUT2D eigenvalue weighted by molar-refractivity contribution is 14.1. The molecule has 1 saturated carbocycles. The van der Waals surface area contributed by atoms with E-state index >= 15 is 0 Å².